The van der Waals surface area contributed by atoms with Crippen LogP contribution in [0.4, 0.5) is 0 Å². The number of likely N-dealkylation sites (tertiary alicyclic amines) is 1. The molecule has 0 aromatic rings. The summed E-state index contributed by atoms with van der Waals surface area (Å²) in [6, 6.07) is -1.49. The zero-order valence-electron chi connectivity index (χ0n) is 21.7. The summed E-state index contributed by atoms with van der Waals surface area (Å²) in [5.41, 5.74) is -1.97. The number of unbranched alkanes of at least 4 members (excludes halogenated alkanes) is 1. The number of esters is 1. The third-order valence-electron chi connectivity index (χ3n) is 8.21. The monoisotopic (exact) mass is 490 g/mol. The standard InChI is InChI=1S/C27H42N2O6/c1-7-11-15-28(14-8-2)24(32)22-27-13-12-26(10-4,35-27)21(25(33)34-16-9-3)20(27)23(31)29(22)19(17-30)18(5)6/h8-9,18-22,30H,2-3,7,10-17H2,1,4-6H3/t19-,20-,21+,22?,26-,27?/m0/s1. The number of hydrogen-bond acceptors (Lipinski definition) is 6. The fraction of sp³-hybridized carbons (Fsp3) is 0.741. The summed E-state index contributed by atoms with van der Waals surface area (Å²) in [5.74, 6) is -2.72. The van der Waals surface area contributed by atoms with E-state index in [1.807, 2.05) is 20.8 Å². The number of hydrogen-bond donors (Lipinski definition) is 1. The molecular formula is C27H42N2O6. The van der Waals surface area contributed by atoms with Crippen LogP contribution in [0, 0.1) is 17.8 Å². The van der Waals surface area contributed by atoms with Gasteiger partial charge in [-0.15, -0.1) is 6.58 Å². The number of rotatable bonds is 13. The zero-order valence-corrected chi connectivity index (χ0v) is 21.7. The van der Waals surface area contributed by atoms with E-state index in [4.69, 9.17) is 9.47 Å². The average molecular weight is 491 g/mol. The summed E-state index contributed by atoms with van der Waals surface area (Å²) in [7, 11) is 0. The highest BCUT2D eigenvalue weighted by Gasteiger charge is 2.79. The molecule has 2 bridgehead atoms. The Morgan fingerprint density at radius 3 is 2.54 bits per heavy atom. The molecular weight excluding hydrogens is 448 g/mol. The number of amides is 2. The minimum Gasteiger partial charge on any atom is -0.461 e. The van der Waals surface area contributed by atoms with Crippen molar-refractivity contribution in [3.63, 3.8) is 0 Å². The summed E-state index contributed by atoms with van der Waals surface area (Å²) in [5, 5.41) is 10.3. The Morgan fingerprint density at radius 1 is 1.29 bits per heavy atom. The Hall–Kier alpha value is -2.19. The Bertz CT molecular complexity index is 844. The van der Waals surface area contributed by atoms with Crippen LogP contribution >= 0.6 is 0 Å². The van der Waals surface area contributed by atoms with Gasteiger partial charge in [-0.1, -0.05) is 52.8 Å². The van der Waals surface area contributed by atoms with Gasteiger partial charge in [-0.25, -0.2) is 0 Å². The fourth-order valence-corrected chi connectivity index (χ4v) is 6.47. The minimum atomic E-state index is -1.13. The van der Waals surface area contributed by atoms with E-state index in [0.717, 1.165) is 12.8 Å². The van der Waals surface area contributed by atoms with Crippen LogP contribution in [-0.2, 0) is 23.9 Å². The molecule has 3 heterocycles. The highest BCUT2D eigenvalue weighted by atomic mass is 16.6. The van der Waals surface area contributed by atoms with E-state index in [-0.39, 0.29) is 30.9 Å². The summed E-state index contributed by atoms with van der Waals surface area (Å²) in [6.07, 6.45) is 6.53. The summed E-state index contributed by atoms with van der Waals surface area (Å²) in [6.45, 7) is 15.9. The van der Waals surface area contributed by atoms with Gasteiger partial charge in [0.15, 0.2) is 0 Å². The van der Waals surface area contributed by atoms with Gasteiger partial charge >= 0.3 is 5.97 Å². The number of carbonyl (C=O) groups excluding carboxylic acids is 3. The van der Waals surface area contributed by atoms with Gasteiger partial charge in [0.1, 0.15) is 24.2 Å². The molecule has 0 aliphatic carbocycles. The third-order valence-corrected chi connectivity index (χ3v) is 8.21. The molecule has 3 aliphatic heterocycles. The lowest BCUT2D eigenvalue weighted by molar-refractivity contribution is -0.163. The SMILES string of the molecule is C=CCOC(=O)[C@H]1[C@H]2C(=O)N([C@@H](CO)C(C)C)C(C(=O)N(CC=C)CCCC)C23CC[C@]1(CC)O3. The topological polar surface area (TPSA) is 96.4 Å². The van der Waals surface area contributed by atoms with E-state index in [2.05, 4.69) is 20.1 Å². The van der Waals surface area contributed by atoms with Gasteiger partial charge in [0.25, 0.3) is 0 Å². The van der Waals surface area contributed by atoms with Crippen molar-refractivity contribution in [1.82, 2.24) is 9.80 Å². The molecule has 1 spiro atoms. The minimum absolute atomic E-state index is 0.0461. The molecule has 196 valence electrons. The highest BCUT2D eigenvalue weighted by molar-refractivity contribution is 5.98. The van der Waals surface area contributed by atoms with Crippen molar-refractivity contribution in [1.29, 1.82) is 0 Å². The molecule has 0 aromatic carbocycles. The maximum atomic E-state index is 14.2. The van der Waals surface area contributed by atoms with Gasteiger partial charge in [0.05, 0.1) is 24.2 Å². The normalized spacial score (nSPS) is 32.0. The summed E-state index contributed by atoms with van der Waals surface area (Å²) in [4.78, 5) is 44.9. The molecule has 3 rings (SSSR count). The van der Waals surface area contributed by atoms with Crippen LogP contribution in [0.3, 0.4) is 0 Å². The van der Waals surface area contributed by atoms with E-state index in [9.17, 15) is 19.5 Å². The number of fused-ring (bicyclic) bond motifs is 1. The first kappa shape index (κ1) is 27.4. The quantitative estimate of drug-likeness (QED) is 0.315. The largest absolute Gasteiger partial charge is 0.461 e. The van der Waals surface area contributed by atoms with Crippen molar-refractivity contribution in [3.8, 4) is 0 Å². The molecule has 3 saturated heterocycles. The van der Waals surface area contributed by atoms with Gasteiger partial charge in [0.2, 0.25) is 11.8 Å². The van der Waals surface area contributed by atoms with Crippen LogP contribution in [0.5, 0.6) is 0 Å². The molecule has 3 fully saturated rings. The van der Waals surface area contributed by atoms with Crippen LogP contribution in [0.2, 0.25) is 0 Å². The number of aliphatic hydroxyl groups excluding tert-OH is 1. The van der Waals surface area contributed by atoms with Crippen molar-refractivity contribution >= 4 is 17.8 Å². The van der Waals surface area contributed by atoms with E-state index >= 15 is 0 Å². The fourth-order valence-electron chi connectivity index (χ4n) is 6.47. The predicted octanol–water partition coefficient (Wildman–Crippen LogP) is 2.70. The Balaban J connectivity index is 2.14. The average Bonchev–Trinajstić information content (AvgIpc) is 3.44. The first-order valence-corrected chi connectivity index (χ1v) is 13.0. The van der Waals surface area contributed by atoms with Crippen molar-refractivity contribution in [2.75, 3.05) is 26.3 Å². The van der Waals surface area contributed by atoms with Crippen molar-refractivity contribution in [2.45, 2.75) is 83.1 Å². The summed E-state index contributed by atoms with van der Waals surface area (Å²) < 4.78 is 12.2. The lowest BCUT2D eigenvalue weighted by Gasteiger charge is -2.40. The van der Waals surface area contributed by atoms with Crippen LogP contribution < -0.4 is 0 Å². The molecule has 0 saturated carbocycles. The Morgan fingerprint density at radius 2 is 2.00 bits per heavy atom. The Labute approximate surface area is 209 Å². The molecule has 2 amide bonds. The second kappa shape index (κ2) is 10.8. The predicted molar refractivity (Wildman–Crippen MR) is 132 cm³/mol. The highest BCUT2D eigenvalue weighted by Crippen LogP contribution is 2.65. The lowest BCUT2D eigenvalue weighted by Crippen LogP contribution is -2.59. The number of aliphatic hydroxyl groups is 1. The van der Waals surface area contributed by atoms with Crippen LogP contribution in [0.15, 0.2) is 25.3 Å². The van der Waals surface area contributed by atoms with Gasteiger partial charge < -0.3 is 24.4 Å². The van der Waals surface area contributed by atoms with Gasteiger partial charge in [-0.05, 0) is 31.6 Å². The summed E-state index contributed by atoms with van der Waals surface area (Å²) >= 11 is 0. The molecule has 8 heteroatoms. The second-order valence-electron chi connectivity index (χ2n) is 10.4. The Kier molecular flexibility index (Phi) is 8.48. The van der Waals surface area contributed by atoms with Crippen molar-refractivity contribution in [2.24, 2.45) is 17.8 Å². The lowest BCUT2D eigenvalue weighted by atomic mass is 9.65. The maximum absolute atomic E-state index is 14.2. The molecule has 0 aromatic heterocycles. The van der Waals surface area contributed by atoms with E-state index in [1.54, 1.807) is 15.9 Å². The number of ether oxygens (including phenoxy) is 2. The van der Waals surface area contributed by atoms with Crippen LogP contribution in [0.1, 0.15) is 59.8 Å². The van der Waals surface area contributed by atoms with E-state index < -0.39 is 41.1 Å². The van der Waals surface area contributed by atoms with Crippen molar-refractivity contribution in [3.05, 3.63) is 25.3 Å². The molecule has 2 unspecified atom stereocenters. The zero-order chi connectivity index (χ0) is 26.0. The molecule has 6 atom stereocenters. The first-order valence-electron chi connectivity index (χ1n) is 13.0. The van der Waals surface area contributed by atoms with Gasteiger partial charge in [0, 0.05) is 13.1 Å². The molecule has 8 nitrogen and oxygen atoms in total. The van der Waals surface area contributed by atoms with Gasteiger partial charge in [-0.2, -0.15) is 0 Å². The molecule has 3 aliphatic rings. The first-order chi connectivity index (χ1) is 16.7. The maximum Gasteiger partial charge on any atom is 0.313 e. The molecule has 1 N–H and O–H groups in total. The number of carbonyl (C=O) groups is 3. The van der Waals surface area contributed by atoms with Crippen molar-refractivity contribution < 1.29 is 29.0 Å². The number of nitrogens with zero attached hydrogens (tertiary/aromatic N) is 2. The third kappa shape index (κ3) is 4.33. The van der Waals surface area contributed by atoms with E-state index in [1.165, 1.54) is 6.08 Å². The second-order valence-corrected chi connectivity index (χ2v) is 10.4. The molecule has 35 heavy (non-hydrogen) atoms. The van der Waals surface area contributed by atoms with Gasteiger partial charge in [-0.3, -0.25) is 14.4 Å². The van der Waals surface area contributed by atoms with Crippen LogP contribution in [-0.4, -0.2) is 82.3 Å². The van der Waals surface area contributed by atoms with Crippen LogP contribution in [0.25, 0.3) is 0 Å². The molecule has 0 radical (unpaired) electrons. The smallest absolute Gasteiger partial charge is 0.313 e. The van der Waals surface area contributed by atoms with E-state index in [0.29, 0.717) is 32.4 Å².